The van der Waals surface area contributed by atoms with E-state index in [1.165, 1.54) is 35.2 Å². The topological polar surface area (TPSA) is 70.7 Å². The number of ether oxygens (including phenoxy) is 1. The number of benzene rings is 2. The summed E-state index contributed by atoms with van der Waals surface area (Å²) in [6, 6.07) is 8.03. The number of carbonyl (C=O) groups is 2. The minimum atomic E-state index is -4.53. The lowest BCUT2D eigenvalue weighted by Gasteiger charge is -2.21. The first-order valence-electron chi connectivity index (χ1n) is 9.06. The van der Waals surface area contributed by atoms with E-state index in [1.807, 2.05) is 0 Å². The van der Waals surface area contributed by atoms with Crippen molar-refractivity contribution < 1.29 is 31.9 Å². The van der Waals surface area contributed by atoms with Gasteiger partial charge in [0.05, 0.1) is 13.1 Å². The number of nitrogens with one attached hydrogen (secondary N) is 2. The molecule has 0 aliphatic carbocycles. The molecule has 1 aliphatic rings. The molecule has 2 N–H and O–H groups in total. The second-order valence-electron chi connectivity index (χ2n) is 6.74. The number of hydrogen-bond acceptors (Lipinski definition) is 3. The molecule has 0 aromatic heterocycles. The van der Waals surface area contributed by atoms with Crippen molar-refractivity contribution in [1.29, 1.82) is 0 Å². The average Bonchev–Trinajstić information content (AvgIpc) is 2.91. The van der Waals surface area contributed by atoms with Gasteiger partial charge in [0.1, 0.15) is 24.7 Å². The van der Waals surface area contributed by atoms with Crippen LogP contribution >= 0.6 is 0 Å². The molecule has 0 fully saturated rings. The summed E-state index contributed by atoms with van der Waals surface area (Å²) < 4.78 is 56.5. The number of alkyl halides is 3. The van der Waals surface area contributed by atoms with E-state index >= 15 is 0 Å². The average molecular weight is 425 g/mol. The van der Waals surface area contributed by atoms with E-state index in [-0.39, 0.29) is 36.5 Å². The predicted octanol–water partition coefficient (Wildman–Crippen LogP) is 3.85. The van der Waals surface area contributed by atoms with Crippen LogP contribution in [0, 0.1) is 12.7 Å². The van der Waals surface area contributed by atoms with E-state index in [9.17, 15) is 27.2 Å². The number of amides is 3. The second kappa shape index (κ2) is 8.60. The molecule has 0 unspecified atom stereocenters. The van der Waals surface area contributed by atoms with Gasteiger partial charge in [0, 0.05) is 16.8 Å². The molecule has 1 aliphatic heterocycles. The zero-order valence-electron chi connectivity index (χ0n) is 16.0. The Morgan fingerprint density at radius 3 is 2.70 bits per heavy atom. The van der Waals surface area contributed by atoms with Gasteiger partial charge in [-0.3, -0.25) is 4.79 Å². The van der Waals surface area contributed by atoms with Gasteiger partial charge in [0.2, 0.25) is 0 Å². The SMILES string of the molecule is Cc1ccc(C(=O)NCC(F)(F)F)cc1NC(=O)N1CCOc2cccc(F)c2C1. The standard InChI is InChI=1S/C20H19F4N3O3/c1-12-5-6-13(18(28)25-11-20(22,23)24)9-16(12)26-19(29)27-7-8-30-17-4-2-3-15(21)14(17)10-27/h2-6,9H,7-8,10-11H2,1H3,(H,25,28)(H,26,29). The monoisotopic (exact) mass is 425 g/mol. The maximum Gasteiger partial charge on any atom is 0.405 e. The Labute approximate surface area is 169 Å². The van der Waals surface area contributed by atoms with Crippen LogP contribution in [-0.2, 0) is 6.54 Å². The molecule has 0 atom stereocenters. The summed E-state index contributed by atoms with van der Waals surface area (Å²) >= 11 is 0. The molecule has 160 valence electrons. The third-order valence-electron chi connectivity index (χ3n) is 4.52. The Kier molecular flexibility index (Phi) is 6.14. The first-order valence-corrected chi connectivity index (χ1v) is 9.06. The predicted molar refractivity (Wildman–Crippen MR) is 101 cm³/mol. The van der Waals surface area contributed by atoms with Gasteiger partial charge >= 0.3 is 12.2 Å². The summed E-state index contributed by atoms with van der Waals surface area (Å²) in [6.45, 7) is 0.569. The van der Waals surface area contributed by atoms with Crippen molar-refractivity contribution in [2.45, 2.75) is 19.6 Å². The summed E-state index contributed by atoms with van der Waals surface area (Å²) in [5.41, 5.74) is 1.09. The van der Waals surface area contributed by atoms with Crippen molar-refractivity contribution in [3.63, 3.8) is 0 Å². The highest BCUT2D eigenvalue weighted by molar-refractivity contribution is 5.97. The minimum Gasteiger partial charge on any atom is -0.491 e. The van der Waals surface area contributed by atoms with Crippen LogP contribution in [0.1, 0.15) is 21.5 Å². The molecule has 10 heteroatoms. The fraction of sp³-hybridized carbons (Fsp3) is 0.300. The van der Waals surface area contributed by atoms with Crippen LogP contribution in [0.2, 0.25) is 0 Å². The highest BCUT2D eigenvalue weighted by Gasteiger charge is 2.28. The molecule has 30 heavy (non-hydrogen) atoms. The van der Waals surface area contributed by atoms with Gasteiger partial charge in [-0.05, 0) is 36.8 Å². The third-order valence-corrected chi connectivity index (χ3v) is 4.52. The van der Waals surface area contributed by atoms with E-state index in [1.54, 1.807) is 18.3 Å². The van der Waals surface area contributed by atoms with E-state index in [0.29, 0.717) is 11.3 Å². The van der Waals surface area contributed by atoms with Crippen molar-refractivity contribution >= 4 is 17.6 Å². The van der Waals surface area contributed by atoms with Gasteiger partial charge in [-0.1, -0.05) is 12.1 Å². The summed E-state index contributed by atoms with van der Waals surface area (Å²) in [6.07, 6.45) is -4.53. The third kappa shape index (κ3) is 5.19. The van der Waals surface area contributed by atoms with E-state index in [2.05, 4.69) is 5.32 Å². The van der Waals surface area contributed by atoms with E-state index < -0.39 is 30.5 Å². The summed E-state index contributed by atoms with van der Waals surface area (Å²) in [5.74, 6) is -1.04. The Hall–Kier alpha value is -3.30. The molecule has 0 bridgehead atoms. The number of halogens is 4. The lowest BCUT2D eigenvalue weighted by Crippen LogP contribution is -2.36. The Morgan fingerprint density at radius 1 is 1.20 bits per heavy atom. The number of aryl methyl sites for hydroxylation is 1. The van der Waals surface area contributed by atoms with E-state index in [0.717, 1.165) is 0 Å². The molecule has 2 aromatic rings. The zero-order chi connectivity index (χ0) is 21.9. The van der Waals surface area contributed by atoms with E-state index in [4.69, 9.17) is 4.74 Å². The van der Waals surface area contributed by atoms with Crippen molar-refractivity contribution in [1.82, 2.24) is 10.2 Å². The number of nitrogens with zero attached hydrogens (tertiary/aromatic N) is 1. The normalized spacial score (nSPS) is 13.7. The lowest BCUT2D eigenvalue weighted by atomic mass is 10.1. The molecule has 0 radical (unpaired) electrons. The molecule has 6 nitrogen and oxygen atoms in total. The van der Waals surface area contributed by atoms with Crippen LogP contribution in [0.3, 0.4) is 0 Å². The molecule has 2 aromatic carbocycles. The number of anilines is 1. The maximum absolute atomic E-state index is 14.1. The van der Waals surface area contributed by atoms with Gasteiger partial charge in [-0.2, -0.15) is 13.2 Å². The summed E-state index contributed by atoms with van der Waals surface area (Å²) in [5, 5.41) is 4.41. The number of rotatable bonds is 3. The van der Waals surface area contributed by atoms with Crippen LogP contribution in [0.4, 0.5) is 28.0 Å². The zero-order valence-corrected chi connectivity index (χ0v) is 16.0. The van der Waals surface area contributed by atoms with Crippen LogP contribution < -0.4 is 15.4 Å². The smallest absolute Gasteiger partial charge is 0.405 e. The molecule has 3 amide bonds. The quantitative estimate of drug-likeness (QED) is 0.734. The van der Waals surface area contributed by atoms with Crippen molar-refractivity contribution in [2.75, 3.05) is 25.0 Å². The van der Waals surface area contributed by atoms with Gasteiger partial charge in [-0.25, -0.2) is 9.18 Å². The highest BCUT2D eigenvalue weighted by Crippen LogP contribution is 2.26. The molecule has 3 rings (SSSR count). The molecular formula is C20H19F4N3O3. The first kappa shape index (κ1) is 21.4. The summed E-state index contributed by atoms with van der Waals surface area (Å²) in [7, 11) is 0. The maximum atomic E-state index is 14.1. The molecule has 0 saturated carbocycles. The van der Waals surface area contributed by atoms with Gasteiger partial charge in [-0.15, -0.1) is 0 Å². The van der Waals surface area contributed by atoms with Gasteiger partial charge < -0.3 is 20.3 Å². The van der Waals surface area contributed by atoms with Crippen LogP contribution in [0.5, 0.6) is 5.75 Å². The van der Waals surface area contributed by atoms with Crippen molar-refractivity contribution in [3.8, 4) is 5.75 Å². The minimum absolute atomic E-state index is 0.0152. The number of carbonyl (C=O) groups excluding carboxylic acids is 2. The Morgan fingerprint density at radius 2 is 1.97 bits per heavy atom. The highest BCUT2D eigenvalue weighted by atomic mass is 19.4. The van der Waals surface area contributed by atoms with Gasteiger partial charge in [0.15, 0.2) is 0 Å². The molecule has 1 heterocycles. The fourth-order valence-corrected chi connectivity index (χ4v) is 2.91. The number of hydrogen-bond donors (Lipinski definition) is 2. The number of urea groups is 1. The van der Waals surface area contributed by atoms with Crippen LogP contribution in [0.15, 0.2) is 36.4 Å². The van der Waals surface area contributed by atoms with Crippen LogP contribution in [0.25, 0.3) is 0 Å². The van der Waals surface area contributed by atoms with Crippen molar-refractivity contribution in [3.05, 3.63) is 58.9 Å². The van der Waals surface area contributed by atoms with Crippen LogP contribution in [-0.4, -0.2) is 42.7 Å². The summed E-state index contributed by atoms with van der Waals surface area (Å²) in [4.78, 5) is 26.0. The first-order chi connectivity index (χ1) is 14.1. The molecule has 0 spiro atoms. The van der Waals surface area contributed by atoms with Gasteiger partial charge in [0.25, 0.3) is 5.91 Å². The molecule has 0 saturated heterocycles. The second-order valence-corrected chi connectivity index (χ2v) is 6.74. The Bertz CT molecular complexity index is 963. The van der Waals surface area contributed by atoms with Crippen molar-refractivity contribution in [2.24, 2.45) is 0 Å². The molecular weight excluding hydrogens is 406 g/mol. The fourth-order valence-electron chi connectivity index (χ4n) is 2.91. The lowest BCUT2D eigenvalue weighted by molar-refractivity contribution is -0.123. The number of fused-ring (bicyclic) bond motifs is 1. The largest absolute Gasteiger partial charge is 0.491 e. The Balaban J connectivity index is 1.73.